The fraction of sp³-hybridized carbons (Fsp3) is 0.391. The standard InChI is InChI=1S/C23H28ClN3O2/c1-15(2)23(29)27-9-7-26(8-10-27)21-6-5-19(24)14-20(21)25-22(28)18-12-16(3)11-17(4)13-18/h5-6,11-15H,7-10H2,1-4H3,(H,25,28). The van der Waals surface area contributed by atoms with E-state index in [4.69, 9.17) is 11.6 Å². The molecule has 3 rings (SSSR count). The lowest BCUT2D eigenvalue weighted by Crippen LogP contribution is -2.50. The van der Waals surface area contributed by atoms with Crippen molar-refractivity contribution in [2.45, 2.75) is 27.7 Å². The second kappa shape index (κ2) is 8.87. The summed E-state index contributed by atoms with van der Waals surface area (Å²) in [7, 11) is 0. The molecule has 154 valence electrons. The largest absolute Gasteiger partial charge is 0.366 e. The molecule has 5 nitrogen and oxygen atoms in total. The summed E-state index contributed by atoms with van der Waals surface area (Å²) < 4.78 is 0. The zero-order valence-electron chi connectivity index (χ0n) is 17.5. The fourth-order valence-electron chi connectivity index (χ4n) is 3.72. The van der Waals surface area contributed by atoms with Crippen LogP contribution in [-0.2, 0) is 4.79 Å². The van der Waals surface area contributed by atoms with Crippen molar-refractivity contribution in [1.29, 1.82) is 0 Å². The maximum atomic E-state index is 12.9. The normalized spacial score (nSPS) is 14.3. The lowest BCUT2D eigenvalue weighted by Gasteiger charge is -2.37. The van der Waals surface area contributed by atoms with Gasteiger partial charge in [-0.25, -0.2) is 0 Å². The van der Waals surface area contributed by atoms with Gasteiger partial charge in [0.15, 0.2) is 0 Å². The van der Waals surface area contributed by atoms with E-state index in [2.05, 4.69) is 10.2 Å². The minimum absolute atomic E-state index is 0.00437. The molecule has 0 aromatic heterocycles. The van der Waals surface area contributed by atoms with Gasteiger partial charge in [0, 0.05) is 42.7 Å². The van der Waals surface area contributed by atoms with E-state index in [1.54, 1.807) is 6.07 Å². The van der Waals surface area contributed by atoms with Crippen LogP contribution in [0.1, 0.15) is 35.3 Å². The number of amides is 2. The van der Waals surface area contributed by atoms with Crippen LogP contribution in [0.2, 0.25) is 5.02 Å². The van der Waals surface area contributed by atoms with Gasteiger partial charge in [-0.2, -0.15) is 0 Å². The number of carbonyl (C=O) groups is 2. The van der Waals surface area contributed by atoms with Crippen LogP contribution in [0.15, 0.2) is 36.4 Å². The number of nitrogens with zero attached hydrogens (tertiary/aromatic N) is 2. The zero-order chi connectivity index (χ0) is 21.1. The summed E-state index contributed by atoms with van der Waals surface area (Å²) in [4.78, 5) is 29.2. The van der Waals surface area contributed by atoms with Crippen LogP contribution in [0.3, 0.4) is 0 Å². The van der Waals surface area contributed by atoms with Crippen LogP contribution in [0.5, 0.6) is 0 Å². The summed E-state index contributed by atoms with van der Waals surface area (Å²) in [6, 6.07) is 11.3. The molecular formula is C23H28ClN3O2. The summed E-state index contributed by atoms with van der Waals surface area (Å²) in [6.07, 6.45) is 0. The molecule has 0 atom stereocenters. The second-order valence-electron chi connectivity index (χ2n) is 7.96. The average Bonchev–Trinajstić information content (AvgIpc) is 2.67. The van der Waals surface area contributed by atoms with Crippen LogP contribution in [0.4, 0.5) is 11.4 Å². The number of aryl methyl sites for hydroxylation is 2. The molecule has 0 unspecified atom stereocenters. The highest BCUT2D eigenvalue weighted by atomic mass is 35.5. The van der Waals surface area contributed by atoms with E-state index in [1.807, 2.05) is 62.9 Å². The Hall–Kier alpha value is -2.53. The second-order valence-corrected chi connectivity index (χ2v) is 8.40. The number of hydrogen-bond donors (Lipinski definition) is 1. The molecule has 0 radical (unpaired) electrons. The molecule has 0 bridgehead atoms. The fourth-order valence-corrected chi connectivity index (χ4v) is 3.89. The van der Waals surface area contributed by atoms with Crippen molar-refractivity contribution in [3.05, 3.63) is 58.1 Å². The van der Waals surface area contributed by atoms with Crippen LogP contribution in [0, 0.1) is 19.8 Å². The zero-order valence-corrected chi connectivity index (χ0v) is 18.2. The van der Waals surface area contributed by atoms with E-state index in [9.17, 15) is 9.59 Å². The number of halogens is 1. The number of benzene rings is 2. The number of anilines is 2. The molecule has 29 heavy (non-hydrogen) atoms. The monoisotopic (exact) mass is 413 g/mol. The van der Waals surface area contributed by atoms with E-state index in [0.717, 1.165) is 16.8 Å². The summed E-state index contributed by atoms with van der Waals surface area (Å²) in [6.45, 7) is 10.6. The third-order valence-corrected chi connectivity index (χ3v) is 5.35. The Bertz CT molecular complexity index is 898. The Balaban J connectivity index is 1.78. The van der Waals surface area contributed by atoms with E-state index in [0.29, 0.717) is 42.5 Å². The molecule has 0 spiro atoms. The van der Waals surface area contributed by atoms with Crippen molar-refractivity contribution in [3.63, 3.8) is 0 Å². The predicted molar refractivity (Wildman–Crippen MR) is 119 cm³/mol. The van der Waals surface area contributed by atoms with Crippen molar-refractivity contribution >= 4 is 34.8 Å². The predicted octanol–water partition coefficient (Wildman–Crippen LogP) is 4.51. The van der Waals surface area contributed by atoms with Gasteiger partial charge in [0.2, 0.25) is 5.91 Å². The Kier molecular flexibility index (Phi) is 6.48. The van der Waals surface area contributed by atoms with Crippen molar-refractivity contribution in [2.24, 2.45) is 5.92 Å². The molecule has 1 aliphatic heterocycles. The van der Waals surface area contributed by atoms with Gasteiger partial charge in [-0.3, -0.25) is 9.59 Å². The maximum absolute atomic E-state index is 12.9. The molecule has 1 saturated heterocycles. The van der Waals surface area contributed by atoms with Crippen molar-refractivity contribution in [3.8, 4) is 0 Å². The van der Waals surface area contributed by atoms with Gasteiger partial charge >= 0.3 is 0 Å². The van der Waals surface area contributed by atoms with Gasteiger partial charge < -0.3 is 15.1 Å². The summed E-state index contributed by atoms with van der Waals surface area (Å²) in [5, 5.41) is 3.59. The van der Waals surface area contributed by atoms with Gasteiger partial charge in [0.1, 0.15) is 0 Å². The highest BCUT2D eigenvalue weighted by Gasteiger charge is 2.24. The first kappa shape index (κ1) is 21.2. The molecule has 0 aliphatic carbocycles. The number of nitrogens with one attached hydrogen (secondary N) is 1. The molecule has 1 N–H and O–H groups in total. The topological polar surface area (TPSA) is 52.7 Å². The van der Waals surface area contributed by atoms with E-state index < -0.39 is 0 Å². The first-order valence-corrected chi connectivity index (χ1v) is 10.4. The lowest BCUT2D eigenvalue weighted by molar-refractivity contribution is -0.134. The average molecular weight is 414 g/mol. The number of hydrogen-bond acceptors (Lipinski definition) is 3. The van der Waals surface area contributed by atoms with Crippen molar-refractivity contribution in [2.75, 3.05) is 36.4 Å². The molecular weight excluding hydrogens is 386 g/mol. The maximum Gasteiger partial charge on any atom is 0.255 e. The van der Waals surface area contributed by atoms with Crippen molar-refractivity contribution in [1.82, 2.24) is 4.90 Å². The highest BCUT2D eigenvalue weighted by Crippen LogP contribution is 2.31. The van der Waals surface area contributed by atoms with Crippen LogP contribution >= 0.6 is 11.6 Å². The molecule has 1 fully saturated rings. The molecule has 2 aromatic rings. The Morgan fingerprint density at radius 3 is 2.17 bits per heavy atom. The first-order valence-electron chi connectivity index (χ1n) is 9.97. The Morgan fingerprint density at radius 2 is 1.59 bits per heavy atom. The minimum atomic E-state index is -0.158. The van der Waals surface area contributed by atoms with Crippen LogP contribution in [0.25, 0.3) is 0 Å². The minimum Gasteiger partial charge on any atom is -0.366 e. The van der Waals surface area contributed by atoms with E-state index in [1.165, 1.54) is 0 Å². The van der Waals surface area contributed by atoms with Crippen LogP contribution < -0.4 is 10.2 Å². The molecule has 1 heterocycles. The highest BCUT2D eigenvalue weighted by molar-refractivity contribution is 6.31. The SMILES string of the molecule is Cc1cc(C)cc(C(=O)Nc2cc(Cl)ccc2N2CCN(C(=O)C(C)C)CC2)c1. The summed E-state index contributed by atoms with van der Waals surface area (Å²) in [5.41, 5.74) is 4.33. The molecule has 2 aromatic carbocycles. The summed E-state index contributed by atoms with van der Waals surface area (Å²) >= 11 is 6.21. The van der Waals surface area contributed by atoms with Gasteiger partial charge in [-0.1, -0.05) is 42.6 Å². The van der Waals surface area contributed by atoms with Crippen LogP contribution in [-0.4, -0.2) is 42.9 Å². The lowest BCUT2D eigenvalue weighted by atomic mass is 10.1. The van der Waals surface area contributed by atoms with E-state index >= 15 is 0 Å². The molecule has 6 heteroatoms. The Morgan fingerprint density at radius 1 is 0.966 bits per heavy atom. The third kappa shape index (κ3) is 5.10. The third-order valence-electron chi connectivity index (χ3n) is 5.12. The van der Waals surface area contributed by atoms with E-state index in [-0.39, 0.29) is 17.7 Å². The van der Waals surface area contributed by atoms with Gasteiger partial charge in [0.05, 0.1) is 11.4 Å². The molecule has 0 saturated carbocycles. The Labute approximate surface area is 177 Å². The van der Waals surface area contributed by atoms with Gasteiger partial charge in [-0.15, -0.1) is 0 Å². The smallest absolute Gasteiger partial charge is 0.255 e. The number of carbonyl (C=O) groups excluding carboxylic acids is 2. The number of piperazine rings is 1. The van der Waals surface area contributed by atoms with Gasteiger partial charge in [0.25, 0.3) is 5.91 Å². The number of rotatable bonds is 4. The quantitative estimate of drug-likeness (QED) is 0.802. The summed E-state index contributed by atoms with van der Waals surface area (Å²) in [5.74, 6) is 0.0303. The molecule has 1 aliphatic rings. The van der Waals surface area contributed by atoms with Crippen molar-refractivity contribution < 1.29 is 9.59 Å². The molecule has 2 amide bonds. The first-order chi connectivity index (χ1) is 13.7. The van der Waals surface area contributed by atoms with Gasteiger partial charge in [-0.05, 0) is 44.2 Å².